The van der Waals surface area contributed by atoms with Crippen molar-refractivity contribution in [2.45, 2.75) is 32.7 Å². The number of alkyl halides is 1. The van der Waals surface area contributed by atoms with Crippen LogP contribution in [0.1, 0.15) is 26.7 Å². The number of nitrogens with zero attached hydrogens (tertiary/aromatic N) is 2. The van der Waals surface area contributed by atoms with E-state index in [0.29, 0.717) is 11.9 Å². The zero-order chi connectivity index (χ0) is 12.3. The summed E-state index contributed by atoms with van der Waals surface area (Å²) in [6, 6.07) is 0.514. The summed E-state index contributed by atoms with van der Waals surface area (Å²) in [6.45, 7) is 5.76. The number of hydrogen-bond donors (Lipinski definition) is 0. The van der Waals surface area contributed by atoms with E-state index in [1.807, 2.05) is 25.8 Å². The summed E-state index contributed by atoms with van der Waals surface area (Å²) in [5.41, 5.74) is -0.451. The number of halogens is 1. The summed E-state index contributed by atoms with van der Waals surface area (Å²) in [5, 5.41) is 0. The largest absolute Gasteiger partial charge is 0.344 e. The molecule has 1 unspecified atom stereocenters. The van der Waals surface area contributed by atoms with Gasteiger partial charge in [0, 0.05) is 25.5 Å². The average molecular weight is 247 g/mol. The summed E-state index contributed by atoms with van der Waals surface area (Å²) in [5.74, 6) is 0.513. The van der Waals surface area contributed by atoms with Gasteiger partial charge in [-0.15, -0.1) is 11.6 Å². The van der Waals surface area contributed by atoms with Crippen molar-refractivity contribution in [2.24, 2.45) is 5.41 Å². The van der Waals surface area contributed by atoms with E-state index in [-0.39, 0.29) is 5.91 Å². The normalized spacial score (nSPS) is 22.4. The van der Waals surface area contributed by atoms with Gasteiger partial charge in [0.05, 0.1) is 5.41 Å². The summed E-state index contributed by atoms with van der Waals surface area (Å²) in [7, 11) is 4.01. The lowest BCUT2D eigenvalue weighted by atomic mass is 9.94. The Morgan fingerprint density at radius 3 is 2.62 bits per heavy atom. The second-order valence-corrected chi connectivity index (χ2v) is 5.75. The molecule has 3 nitrogen and oxygen atoms in total. The third kappa shape index (κ3) is 3.11. The second kappa shape index (κ2) is 5.37. The lowest BCUT2D eigenvalue weighted by Crippen LogP contribution is -2.45. The van der Waals surface area contributed by atoms with Gasteiger partial charge in [0.15, 0.2) is 0 Å². The molecule has 1 amide bonds. The average Bonchev–Trinajstić information content (AvgIpc) is 2.63. The van der Waals surface area contributed by atoms with E-state index < -0.39 is 5.41 Å². The number of hydrogen-bond acceptors (Lipinski definition) is 2. The molecule has 16 heavy (non-hydrogen) atoms. The highest BCUT2D eigenvalue weighted by molar-refractivity contribution is 6.19. The van der Waals surface area contributed by atoms with Crippen LogP contribution in [0.4, 0.5) is 0 Å². The van der Waals surface area contributed by atoms with Gasteiger partial charge in [-0.25, -0.2) is 0 Å². The summed E-state index contributed by atoms with van der Waals surface area (Å²) in [6.07, 6.45) is 2.43. The Morgan fingerprint density at radius 1 is 1.56 bits per heavy atom. The molecule has 1 saturated heterocycles. The number of carbonyl (C=O) groups is 1. The second-order valence-electron chi connectivity index (χ2n) is 5.48. The van der Waals surface area contributed by atoms with Crippen molar-refractivity contribution in [3.05, 3.63) is 0 Å². The molecule has 0 aliphatic carbocycles. The zero-order valence-electron chi connectivity index (χ0n) is 10.8. The van der Waals surface area contributed by atoms with Crippen LogP contribution in [-0.2, 0) is 4.79 Å². The van der Waals surface area contributed by atoms with Crippen LogP contribution < -0.4 is 0 Å². The van der Waals surface area contributed by atoms with Crippen LogP contribution in [0.25, 0.3) is 0 Å². The Morgan fingerprint density at radius 2 is 2.19 bits per heavy atom. The molecular formula is C12H23ClN2O. The molecule has 0 bridgehead atoms. The van der Waals surface area contributed by atoms with E-state index >= 15 is 0 Å². The van der Waals surface area contributed by atoms with Crippen LogP contribution in [-0.4, -0.2) is 54.8 Å². The number of amides is 1. The number of rotatable bonds is 4. The first-order chi connectivity index (χ1) is 7.38. The van der Waals surface area contributed by atoms with Crippen LogP contribution in [0.15, 0.2) is 0 Å². The van der Waals surface area contributed by atoms with Crippen LogP contribution in [0.5, 0.6) is 0 Å². The lowest BCUT2D eigenvalue weighted by Gasteiger charge is -2.31. The molecule has 0 aromatic heterocycles. The van der Waals surface area contributed by atoms with Gasteiger partial charge in [0.25, 0.3) is 0 Å². The quantitative estimate of drug-likeness (QED) is 0.707. The van der Waals surface area contributed by atoms with E-state index in [2.05, 4.69) is 11.9 Å². The monoisotopic (exact) mass is 246 g/mol. The third-order valence-electron chi connectivity index (χ3n) is 3.42. The summed E-state index contributed by atoms with van der Waals surface area (Å²) >= 11 is 5.82. The predicted octanol–water partition coefficient (Wildman–Crippen LogP) is 1.80. The summed E-state index contributed by atoms with van der Waals surface area (Å²) < 4.78 is 0. The first-order valence-corrected chi connectivity index (χ1v) is 6.43. The van der Waals surface area contributed by atoms with E-state index in [4.69, 9.17) is 11.6 Å². The minimum atomic E-state index is -0.451. The van der Waals surface area contributed by atoms with Crippen molar-refractivity contribution < 1.29 is 4.79 Å². The number of carbonyl (C=O) groups excluding carboxylic acids is 1. The molecule has 1 aliphatic rings. The van der Waals surface area contributed by atoms with E-state index in [1.54, 1.807) is 0 Å². The van der Waals surface area contributed by atoms with Gasteiger partial charge in [-0.05, 0) is 40.3 Å². The minimum absolute atomic E-state index is 0.141. The fourth-order valence-electron chi connectivity index (χ4n) is 2.18. The number of likely N-dealkylation sites (N-methyl/N-ethyl adjacent to an activating group) is 2. The molecule has 4 heteroatoms. The highest BCUT2D eigenvalue weighted by atomic mass is 35.5. The molecule has 0 aromatic rings. The molecule has 1 rings (SSSR count). The molecule has 1 aliphatic heterocycles. The molecule has 0 radical (unpaired) electrons. The summed E-state index contributed by atoms with van der Waals surface area (Å²) in [4.78, 5) is 16.3. The molecular weight excluding hydrogens is 224 g/mol. The topological polar surface area (TPSA) is 23.6 Å². The zero-order valence-corrected chi connectivity index (χ0v) is 11.5. The minimum Gasteiger partial charge on any atom is -0.344 e. The fourth-order valence-corrected chi connectivity index (χ4v) is 2.30. The van der Waals surface area contributed by atoms with Crippen molar-refractivity contribution in [1.29, 1.82) is 0 Å². The molecule has 1 atom stereocenters. The third-order valence-corrected chi connectivity index (χ3v) is 4.08. The van der Waals surface area contributed by atoms with Gasteiger partial charge in [-0.2, -0.15) is 0 Å². The lowest BCUT2D eigenvalue weighted by molar-refractivity contribution is -0.138. The van der Waals surface area contributed by atoms with Crippen molar-refractivity contribution in [2.75, 3.05) is 33.1 Å². The van der Waals surface area contributed by atoms with E-state index in [1.165, 1.54) is 12.8 Å². The van der Waals surface area contributed by atoms with Crippen LogP contribution in [0.2, 0.25) is 0 Å². The van der Waals surface area contributed by atoms with Gasteiger partial charge in [-0.3, -0.25) is 4.79 Å². The maximum atomic E-state index is 12.1. The highest BCUT2D eigenvalue weighted by Crippen LogP contribution is 2.22. The van der Waals surface area contributed by atoms with Gasteiger partial charge < -0.3 is 9.80 Å². The van der Waals surface area contributed by atoms with Crippen molar-refractivity contribution >= 4 is 17.5 Å². The van der Waals surface area contributed by atoms with Crippen LogP contribution in [0.3, 0.4) is 0 Å². The number of likely N-dealkylation sites (tertiary alicyclic amines) is 1. The van der Waals surface area contributed by atoms with Crippen molar-refractivity contribution in [1.82, 2.24) is 9.80 Å². The van der Waals surface area contributed by atoms with Gasteiger partial charge in [0.1, 0.15) is 0 Å². The first kappa shape index (κ1) is 13.8. The fraction of sp³-hybridized carbons (Fsp3) is 0.917. The first-order valence-electron chi connectivity index (χ1n) is 5.90. The Hall–Kier alpha value is -0.280. The highest BCUT2D eigenvalue weighted by Gasteiger charge is 2.31. The van der Waals surface area contributed by atoms with Crippen LogP contribution in [0, 0.1) is 5.41 Å². The molecule has 0 saturated carbocycles. The van der Waals surface area contributed by atoms with Crippen molar-refractivity contribution in [3.63, 3.8) is 0 Å². The molecule has 0 spiro atoms. The predicted molar refractivity (Wildman–Crippen MR) is 67.8 cm³/mol. The Labute approximate surface area is 104 Å². The van der Waals surface area contributed by atoms with E-state index in [0.717, 1.165) is 13.1 Å². The molecule has 1 heterocycles. The van der Waals surface area contributed by atoms with Gasteiger partial charge in [0.2, 0.25) is 5.91 Å². The standard InChI is InChI=1S/C12H23ClN2O/c1-12(2,9-13)11(16)15(4)8-10-6-5-7-14(10)3/h10H,5-9H2,1-4H3. The Kier molecular flexibility index (Phi) is 4.62. The van der Waals surface area contributed by atoms with Gasteiger partial charge >= 0.3 is 0 Å². The van der Waals surface area contributed by atoms with Gasteiger partial charge in [-0.1, -0.05) is 0 Å². The SMILES string of the molecule is CN(CC1CCCN1C)C(=O)C(C)(C)CCl. The molecule has 0 N–H and O–H groups in total. The smallest absolute Gasteiger partial charge is 0.229 e. The van der Waals surface area contributed by atoms with Crippen LogP contribution >= 0.6 is 11.6 Å². The maximum Gasteiger partial charge on any atom is 0.229 e. The molecule has 1 fully saturated rings. The maximum absolute atomic E-state index is 12.1. The Bertz CT molecular complexity index is 255. The molecule has 0 aromatic carbocycles. The van der Waals surface area contributed by atoms with Crippen molar-refractivity contribution in [3.8, 4) is 0 Å². The Balaban J connectivity index is 2.51. The molecule has 94 valence electrons. The van der Waals surface area contributed by atoms with E-state index in [9.17, 15) is 4.79 Å².